The molecule has 12 unspecified atom stereocenters. The quantitative estimate of drug-likeness (QED) is 0.406. The van der Waals surface area contributed by atoms with Crippen molar-refractivity contribution >= 4 is 11.8 Å². The van der Waals surface area contributed by atoms with Gasteiger partial charge in [-0.1, -0.05) is 12.5 Å². The molecule has 0 amide bonds. The van der Waals surface area contributed by atoms with Crippen molar-refractivity contribution in [3.05, 3.63) is 23.3 Å². The maximum atomic E-state index is 13.3. The average Bonchev–Trinajstić information content (AvgIpc) is 3.45. The molecule has 7 heteroatoms. The Bertz CT molecular complexity index is 1060. The Morgan fingerprint density at radius 2 is 1.83 bits per heavy atom. The number of carbonyl (C=O) groups excluding carboxylic acids is 2. The fraction of sp³-hybridized carbons (Fsp3) is 0.786. The maximum Gasteiger partial charge on any atom is 0.334 e. The van der Waals surface area contributed by atoms with Gasteiger partial charge in [-0.2, -0.15) is 0 Å². The Morgan fingerprint density at radius 3 is 2.51 bits per heavy atom. The van der Waals surface area contributed by atoms with Crippen LogP contribution in [-0.2, 0) is 19.1 Å². The number of rotatable bonds is 2. The number of ketones is 1. The maximum absolute atomic E-state index is 13.3. The number of aliphatic hydroxyl groups is 3. The van der Waals surface area contributed by atoms with Crippen LogP contribution < -0.4 is 0 Å². The van der Waals surface area contributed by atoms with Crippen molar-refractivity contribution in [2.24, 2.45) is 34.5 Å². The van der Waals surface area contributed by atoms with Crippen molar-refractivity contribution in [2.75, 3.05) is 0 Å². The van der Waals surface area contributed by atoms with Crippen LogP contribution in [0.25, 0.3) is 0 Å². The molecule has 2 aliphatic heterocycles. The van der Waals surface area contributed by atoms with Crippen LogP contribution in [-0.4, -0.2) is 62.7 Å². The van der Waals surface area contributed by atoms with Crippen LogP contribution >= 0.6 is 0 Å². The molecule has 3 saturated carbocycles. The number of carbonyl (C=O) groups is 2. The van der Waals surface area contributed by atoms with Gasteiger partial charge in [0.25, 0.3) is 0 Å². The number of esters is 1. The smallest absolute Gasteiger partial charge is 0.334 e. The zero-order valence-electron chi connectivity index (χ0n) is 21.3. The Hall–Kier alpha value is -1.54. The molecule has 35 heavy (non-hydrogen) atoms. The van der Waals surface area contributed by atoms with Gasteiger partial charge in [0.2, 0.25) is 0 Å². The first-order valence-electron chi connectivity index (χ1n) is 13.2. The summed E-state index contributed by atoms with van der Waals surface area (Å²) in [4.78, 5) is 25.8. The normalized spacial score (nSPS) is 54.3. The zero-order chi connectivity index (χ0) is 25.3. The molecule has 3 N–H and O–H groups in total. The second-order valence-electron chi connectivity index (χ2n) is 12.9. The van der Waals surface area contributed by atoms with E-state index in [1.807, 2.05) is 13.8 Å². The van der Waals surface area contributed by atoms with Crippen LogP contribution in [0.4, 0.5) is 0 Å². The molecule has 6 rings (SSSR count). The molecule has 0 aromatic carbocycles. The average molecular weight is 487 g/mol. The van der Waals surface area contributed by atoms with Crippen molar-refractivity contribution in [1.82, 2.24) is 0 Å². The fourth-order valence-electron chi connectivity index (χ4n) is 9.65. The van der Waals surface area contributed by atoms with Gasteiger partial charge in [-0.05, 0) is 88.7 Å². The van der Waals surface area contributed by atoms with Crippen molar-refractivity contribution in [2.45, 2.75) is 102 Å². The van der Waals surface area contributed by atoms with E-state index in [4.69, 9.17) is 9.47 Å². The minimum absolute atomic E-state index is 0.0254. The van der Waals surface area contributed by atoms with E-state index in [-0.39, 0.29) is 35.1 Å². The number of fused-ring (bicyclic) bond motifs is 4. The summed E-state index contributed by atoms with van der Waals surface area (Å²) in [6.45, 7) is 9.49. The predicted octanol–water partition coefficient (Wildman–Crippen LogP) is 2.47. The molecule has 4 aliphatic carbocycles. The largest absolute Gasteiger partial charge is 0.456 e. The monoisotopic (exact) mass is 486 g/mol. The molecule has 6 aliphatic rings. The second-order valence-corrected chi connectivity index (χ2v) is 12.9. The predicted molar refractivity (Wildman–Crippen MR) is 126 cm³/mol. The van der Waals surface area contributed by atoms with Gasteiger partial charge in [0.05, 0.1) is 17.6 Å². The van der Waals surface area contributed by atoms with Gasteiger partial charge >= 0.3 is 5.97 Å². The lowest BCUT2D eigenvalue weighted by molar-refractivity contribution is -0.193. The van der Waals surface area contributed by atoms with Crippen LogP contribution in [0.1, 0.15) is 66.7 Å². The minimum atomic E-state index is -1.40. The van der Waals surface area contributed by atoms with E-state index in [2.05, 4.69) is 6.92 Å². The minimum Gasteiger partial charge on any atom is -0.456 e. The van der Waals surface area contributed by atoms with E-state index in [9.17, 15) is 24.9 Å². The van der Waals surface area contributed by atoms with Gasteiger partial charge in [0.15, 0.2) is 5.78 Å². The fourth-order valence-corrected chi connectivity index (χ4v) is 9.65. The topological polar surface area (TPSA) is 117 Å². The van der Waals surface area contributed by atoms with Crippen LogP contribution in [0, 0.1) is 34.5 Å². The molecular weight excluding hydrogens is 448 g/mol. The third-order valence-electron chi connectivity index (χ3n) is 11.6. The standard InChI is InChI=1S/C28H38O7/c1-13-10-21(34-24(32)14(13)2)27(5,33)23-18(29)12-17-15-11-22-28(35-22)20(31)7-6-19(30)26(28,4)16(15)8-9-25(17,23)3/h6-7,15-18,20-23,29,31,33H,8-12H2,1-5H3. The molecule has 7 nitrogen and oxygen atoms in total. The van der Waals surface area contributed by atoms with E-state index in [0.29, 0.717) is 18.4 Å². The summed E-state index contributed by atoms with van der Waals surface area (Å²) in [5.41, 5.74) is -1.89. The highest BCUT2D eigenvalue weighted by atomic mass is 16.6. The summed E-state index contributed by atoms with van der Waals surface area (Å²) in [5, 5.41) is 34.2. The van der Waals surface area contributed by atoms with Crippen LogP contribution in [0.5, 0.6) is 0 Å². The van der Waals surface area contributed by atoms with Crippen LogP contribution in [0.3, 0.4) is 0 Å². The van der Waals surface area contributed by atoms with Gasteiger partial charge in [-0.25, -0.2) is 4.79 Å². The molecule has 0 bridgehead atoms. The van der Waals surface area contributed by atoms with Crippen LogP contribution in [0.15, 0.2) is 23.3 Å². The van der Waals surface area contributed by atoms with Gasteiger partial charge in [0, 0.05) is 17.9 Å². The highest BCUT2D eigenvalue weighted by Gasteiger charge is 2.80. The first-order valence-corrected chi connectivity index (χ1v) is 13.2. The summed E-state index contributed by atoms with van der Waals surface area (Å²) >= 11 is 0. The zero-order valence-corrected chi connectivity index (χ0v) is 21.3. The Balaban J connectivity index is 1.34. The molecule has 0 aromatic heterocycles. The molecule has 0 aromatic rings. The molecule has 1 saturated heterocycles. The van der Waals surface area contributed by atoms with Gasteiger partial charge in [0.1, 0.15) is 23.4 Å². The number of epoxide rings is 1. The molecule has 2 heterocycles. The summed E-state index contributed by atoms with van der Waals surface area (Å²) < 4.78 is 11.9. The number of hydrogen-bond donors (Lipinski definition) is 3. The molecular formula is C28H38O7. The SMILES string of the molecule is CC1=C(C)C(=O)OC(C(C)(O)C2C(O)CC3C4CC5OC56C(O)C=CC(=O)C6(C)C4CCC32C)C1. The first kappa shape index (κ1) is 23.8. The number of ether oxygens (including phenoxy) is 2. The lowest BCUT2D eigenvalue weighted by Crippen LogP contribution is -2.64. The summed E-state index contributed by atoms with van der Waals surface area (Å²) in [7, 11) is 0. The van der Waals surface area contributed by atoms with Gasteiger partial charge in [-0.3, -0.25) is 4.79 Å². The Kier molecular flexibility index (Phi) is 4.81. The third-order valence-corrected chi connectivity index (χ3v) is 11.6. The Morgan fingerprint density at radius 1 is 1.11 bits per heavy atom. The van der Waals surface area contributed by atoms with Crippen molar-refractivity contribution < 1.29 is 34.4 Å². The van der Waals surface area contributed by atoms with Crippen molar-refractivity contribution in [3.8, 4) is 0 Å². The van der Waals surface area contributed by atoms with Crippen molar-refractivity contribution in [1.29, 1.82) is 0 Å². The number of hydrogen-bond acceptors (Lipinski definition) is 7. The molecule has 0 radical (unpaired) electrons. The van der Waals surface area contributed by atoms with E-state index in [1.54, 1.807) is 19.9 Å². The third kappa shape index (κ3) is 2.71. The summed E-state index contributed by atoms with van der Waals surface area (Å²) in [5.74, 6) is -0.547. The Labute approximate surface area is 206 Å². The summed E-state index contributed by atoms with van der Waals surface area (Å²) in [6, 6.07) is 0. The number of allylic oxidation sites excluding steroid dienone is 1. The molecule has 1 spiro atoms. The highest BCUT2D eigenvalue weighted by Crippen LogP contribution is 2.73. The van der Waals surface area contributed by atoms with Crippen molar-refractivity contribution in [3.63, 3.8) is 0 Å². The molecule has 4 fully saturated rings. The lowest BCUT2D eigenvalue weighted by Gasteiger charge is -2.58. The number of cyclic esters (lactones) is 1. The molecule has 192 valence electrons. The van der Waals surface area contributed by atoms with Gasteiger partial charge < -0.3 is 24.8 Å². The van der Waals surface area contributed by atoms with E-state index in [1.165, 1.54) is 6.08 Å². The van der Waals surface area contributed by atoms with E-state index < -0.39 is 46.8 Å². The van der Waals surface area contributed by atoms with Crippen LogP contribution in [0.2, 0.25) is 0 Å². The summed E-state index contributed by atoms with van der Waals surface area (Å²) in [6.07, 6.45) is 3.94. The van der Waals surface area contributed by atoms with E-state index >= 15 is 0 Å². The highest BCUT2D eigenvalue weighted by molar-refractivity contribution is 5.98. The first-order chi connectivity index (χ1) is 16.3. The molecule has 12 atom stereocenters. The van der Waals surface area contributed by atoms with E-state index in [0.717, 1.165) is 24.8 Å². The lowest BCUT2D eigenvalue weighted by atomic mass is 9.44. The van der Waals surface area contributed by atoms with Gasteiger partial charge in [-0.15, -0.1) is 0 Å². The number of aliphatic hydroxyl groups excluding tert-OH is 2. The second kappa shape index (κ2) is 7.06.